The van der Waals surface area contributed by atoms with Crippen LogP contribution in [0.1, 0.15) is 17.5 Å². The number of benzene rings is 2. The summed E-state index contributed by atoms with van der Waals surface area (Å²) in [6.45, 7) is 3.76. The zero-order valence-corrected chi connectivity index (χ0v) is 16.5. The Kier molecular flexibility index (Phi) is 5.88. The molecule has 1 amide bonds. The monoisotopic (exact) mass is 405 g/mol. The van der Waals surface area contributed by atoms with Crippen LogP contribution in [0.4, 0.5) is 11.4 Å². The van der Waals surface area contributed by atoms with Crippen molar-refractivity contribution in [3.05, 3.63) is 74.3 Å². The van der Waals surface area contributed by atoms with Gasteiger partial charge in [-0.05, 0) is 43.2 Å². The molecule has 152 valence electrons. The zero-order chi connectivity index (χ0) is 21.8. The third kappa shape index (κ3) is 4.17. The summed E-state index contributed by atoms with van der Waals surface area (Å²) in [7, 11) is 0. The molecule has 9 heteroatoms. The number of aromatic nitrogens is 2. The van der Waals surface area contributed by atoms with Gasteiger partial charge in [0.2, 0.25) is 5.91 Å². The fourth-order valence-electron chi connectivity index (χ4n) is 3.06. The van der Waals surface area contributed by atoms with Gasteiger partial charge in [0, 0.05) is 24.4 Å². The highest BCUT2D eigenvalue weighted by Crippen LogP contribution is 2.20. The van der Waals surface area contributed by atoms with Gasteiger partial charge in [-0.3, -0.25) is 24.3 Å². The number of nitrogens with zero attached hydrogens (tertiary/aromatic N) is 5. The Labute approximate surface area is 172 Å². The van der Waals surface area contributed by atoms with E-state index in [9.17, 15) is 19.7 Å². The molecule has 2 aromatic carbocycles. The smallest absolute Gasteiger partial charge is 0.270 e. The molecular formula is C21H19N5O4. The van der Waals surface area contributed by atoms with Crippen molar-refractivity contribution in [2.75, 3.05) is 11.4 Å². The summed E-state index contributed by atoms with van der Waals surface area (Å²) >= 11 is 0. The molecule has 0 spiro atoms. The molecule has 0 unspecified atom stereocenters. The Morgan fingerprint density at radius 3 is 2.67 bits per heavy atom. The fourth-order valence-corrected chi connectivity index (χ4v) is 3.06. The lowest BCUT2D eigenvalue weighted by Crippen LogP contribution is -2.37. The summed E-state index contributed by atoms with van der Waals surface area (Å²) in [6.07, 6.45) is 1.38. The van der Waals surface area contributed by atoms with E-state index in [2.05, 4.69) is 4.98 Å². The first kappa shape index (κ1) is 20.7. The number of rotatable bonds is 6. The van der Waals surface area contributed by atoms with Crippen LogP contribution in [0.25, 0.3) is 10.9 Å². The number of amides is 1. The Morgan fingerprint density at radius 2 is 2.00 bits per heavy atom. The first-order valence-electron chi connectivity index (χ1n) is 9.20. The van der Waals surface area contributed by atoms with Gasteiger partial charge >= 0.3 is 0 Å². The molecule has 3 rings (SSSR count). The lowest BCUT2D eigenvalue weighted by atomic mass is 10.1. The molecule has 0 N–H and O–H groups in total. The summed E-state index contributed by atoms with van der Waals surface area (Å²) in [5.41, 5.74) is 2.25. The van der Waals surface area contributed by atoms with Crippen molar-refractivity contribution in [3.8, 4) is 6.07 Å². The van der Waals surface area contributed by atoms with Gasteiger partial charge in [0.1, 0.15) is 6.54 Å². The van der Waals surface area contributed by atoms with Crippen molar-refractivity contribution in [1.82, 2.24) is 9.55 Å². The largest absolute Gasteiger partial charge is 0.310 e. The fraction of sp³-hybridized carbons (Fsp3) is 0.238. The van der Waals surface area contributed by atoms with E-state index < -0.39 is 10.5 Å². The van der Waals surface area contributed by atoms with Crippen LogP contribution in [-0.4, -0.2) is 26.9 Å². The van der Waals surface area contributed by atoms with Gasteiger partial charge in [-0.25, -0.2) is 4.98 Å². The lowest BCUT2D eigenvalue weighted by molar-refractivity contribution is -0.384. The number of hydrogen-bond donors (Lipinski definition) is 0. The quantitative estimate of drug-likeness (QED) is 0.459. The highest BCUT2D eigenvalue weighted by atomic mass is 16.6. The number of carbonyl (C=O) groups is 1. The van der Waals surface area contributed by atoms with Crippen LogP contribution in [0.2, 0.25) is 0 Å². The van der Waals surface area contributed by atoms with Gasteiger partial charge in [-0.15, -0.1) is 0 Å². The highest BCUT2D eigenvalue weighted by Gasteiger charge is 2.18. The lowest BCUT2D eigenvalue weighted by Gasteiger charge is -2.23. The number of aryl methyl sites for hydroxylation is 2. The second kappa shape index (κ2) is 8.53. The van der Waals surface area contributed by atoms with Crippen molar-refractivity contribution in [2.45, 2.75) is 26.8 Å². The SMILES string of the molecule is Cc1ccc(N(CCC#N)C(=O)Cn2cnc3ccc([N+](=O)[O-])cc3c2=O)cc1C. The van der Waals surface area contributed by atoms with E-state index >= 15 is 0 Å². The molecule has 0 bridgehead atoms. The number of nitriles is 1. The molecule has 0 aliphatic heterocycles. The molecule has 0 radical (unpaired) electrons. The second-order valence-corrected chi connectivity index (χ2v) is 6.86. The topological polar surface area (TPSA) is 122 Å². The van der Waals surface area contributed by atoms with E-state index in [1.54, 1.807) is 6.07 Å². The van der Waals surface area contributed by atoms with E-state index in [4.69, 9.17) is 5.26 Å². The molecule has 3 aromatic rings. The Balaban J connectivity index is 1.96. The highest BCUT2D eigenvalue weighted by molar-refractivity contribution is 5.93. The maximum absolute atomic E-state index is 13.0. The Bertz CT molecular complexity index is 1240. The number of hydrogen-bond acceptors (Lipinski definition) is 6. The summed E-state index contributed by atoms with van der Waals surface area (Å²) < 4.78 is 1.12. The molecule has 0 atom stereocenters. The van der Waals surface area contributed by atoms with Crippen molar-refractivity contribution >= 4 is 28.2 Å². The van der Waals surface area contributed by atoms with E-state index in [0.29, 0.717) is 11.2 Å². The molecule has 0 aliphatic carbocycles. The standard InChI is InChI=1S/C21H19N5O4/c1-14-4-5-16(10-15(14)2)25(9-3-8-22)20(27)12-24-13-23-19-7-6-17(26(29)30)11-18(19)21(24)28/h4-7,10-11,13H,3,9,12H2,1-2H3. The van der Waals surface area contributed by atoms with Crippen LogP contribution in [0.3, 0.4) is 0 Å². The number of fused-ring (bicyclic) bond motifs is 1. The Hall–Kier alpha value is -4.06. The number of anilines is 1. The van der Waals surface area contributed by atoms with E-state index in [1.165, 1.54) is 23.4 Å². The van der Waals surface area contributed by atoms with Crippen molar-refractivity contribution in [3.63, 3.8) is 0 Å². The minimum atomic E-state index is -0.593. The molecular weight excluding hydrogens is 386 g/mol. The van der Waals surface area contributed by atoms with E-state index in [0.717, 1.165) is 21.8 Å². The van der Waals surface area contributed by atoms with Crippen LogP contribution >= 0.6 is 0 Å². The summed E-state index contributed by atoms with van der Waals surface area (Å²) in [5, 5.41) is 20.0. The molecule has 0 fully saturated rings. The maximum atomic E-state index is 13.0. The zero-order valence-electron chi connectivity index (χ0n) is 16.5. The van der Waals surface area contributed by atoms with Gasteiger partial charge in [0.05, 0.1) is 34.6 Å². The normalized spacial score (nSPS) is 10.6. The molecule has 1 heterocycles. The second-order valence-electron chi connectivity index (χ2n) is 6.86. The van der Waals surface area contributed by atoms with Gasteiger partial charge in [0.25, 0.3) is 11.2 Å². The average Bonchev–Trinajstić information content (AvgIpc) is 2.72. The molecule has 0 saturated heterocycles. The number of non-ortho nitro benzene ring substituents is 1. The number of nitro benzene ring substituents is 1. The van der Waals surface area contributed by atoms with Crippen LogP contribution in [-0.2, 0) is 11.3 Å². The maximum Gasteiger partial charge on any atom is 0.270 e. The summed E-state index contributed by atoms with van der Waals surface area (Å²) in [4.78, 5) is 41.8. The van der Waals surface area contributed by atoms with Gasteiger partial charge < -0.3 is 4.90 Å². The summed E-state index contributed by atoms with van der Waals surface area (Å²) in [5.74, 6) is -0.387. The van der Waals surface area contributed by atoms with Crippen LogP contribution in [0.15, 0.2) is 47.5 Å². The van der Waals surface area contributed by atoms with Crippen molar-refractivity contribution in [2.24, 2.45) is 0 Å². The van der Waals surface area contributed by atoms with Crippen molar-refractivity contribution < 1.29 is 9.72 Å². The first-order chi connectivity index (χ1) is 14.3. The van der Waals surface area contributed by atoms with Crippen LogP contribution in [0.5, 0.6) is 0 Å². The first-order valence-corrected chi connectivity index (χ1v) is 9.20. The molecule has 0 saturated carbocycles. The van der Waals surface area contributed by atoms with E-state index in [-0.39, 0.29) is 36.5 Å². The third-order valence-electron chi connectivity index (χ3n) is 4.87. The van der Waals surface area contributed by atoms with Crippen LogP contribution < -0.4 is 10.5 Å². The molecule has 1 aromatic heterocycles. The minimum absolute atomic E-state index is 0.0641. The molecule has 30 heavy (non-hydrogen) atoms. The van der Waals surface area contributed by atoms with Crippen molar-refractivity contribution in [1.29, 1.82) is 5.26 Å². The van der Waals surface area contributed by atoms with Gasteiger partial charge in [-0.2, -0.15) is 5.26 Å². The predicted molar refractivity (Wildman–Crippen MR) is 111 cm³/mol. The summed E-state index contributed by atoms with van der Waals surface area (Å²) in [6, 6.07) is 11.4. The number of nitro groups is 1. The molecule has 0 aliphatic rings. The third-order valence-corrected chi connectivity index (χ3v) is 4.87. The van der Waals surface area contributed by atoms with E-state index in [1.807, 2.05) is 32.0 Å². The van der Waals surface area contributed by atoms with Gasteiger partial charge in [0.15, 0.2) is 0 Å². The Morgan fingerprint density at radius 1 is 1.23 bits per heavy atom. The van der Waals surface area contributed by atoms with Gasteiger partial charge in [-0.1, -0.05) is 6.07 Å². The predicted octanol–water partition coefficient (Wildman–Crippen LogP) is 2.87. The minimum Gasteiger partial charge on any atom is -0.310 e. The number of carbonyl (C=O) groups excluding carboxylic acids is 1. The molecule has 9 nitrogen and oxygen atoms in total. The van der Waals surface area contributed by atoms with Crippen LogP contribution in [0, 0.1) is 35.3 Å². The average molecular weight is 405 g/mol.